The minimum absolute atomic E-state index is 0.0247. The van der Waals surface area contributed by atoms with Crippen molar-refractivity contribution in [3.8, 4) is 5.75 Å². The number of benzene rings is 2. The smallest absolute Gasteiger partial charge is 0.445 e. The molecule has 1 aliphatic heterocycles. The number of phenols is 1. The van der Waals surface area contributed by atoms with Crippen LogP contribution < -0.4 is 5.32 Å². The summed E-state index contributed by atoms with van der Waals surface area (Å²) in [7, 11) is 0. The Balaban J connectivity index is 1.61. The predicted octanol–water partition coefficient (Wildman–Crippen LogP) is 4.45. The molecular weight excluding hydrogens is 456 g/mol. The second-order valence-corrected chi connectivity index (χ2v) is 7.74. The number of rotatable bonds is 4. The Hall–Kier alpha value is -2.40. The van der Waals surface area contributed by atoms with Crippen LogP contribution in [0.1, 0.15) is 5.56 Å². The van der Waals surface area contributed by atoms with E-state index >= 15 is 0 Å². The number of hydroxylamine groups is 2. The van der Waals surface area contributed by atoms with Crippen molar-refractivity contribution in [2.75, 3.05) is 5.32 Å². The SMILES string of the molecule is O=C(Nc1cccc(O)c1)OON1C(=O)/C(=C\c2cccc(Br)c2)SC1=S. The molecule has 1 heterocycles. The van der Waals surface area contributed by atoms with Crippen molar-refractivity contribution >= 4 is 68.0 Å². The number of phenolic OH excluding ortho intramolecular Hbond substituents is 1. The topological polar surface area (TPSA) is 88.1 Å². The van der Waals surface area contributed by atoms with E-state index in [2.05, 4.69) is 26.1 Å². The van der Waals surface area contributed by atoms with Crippen LogP contribution in [0.4, 0.5) is 10.5 Å². The van der Waals surface area contributed by atoms with Gasteiger partial charge in [0.1, 0.15) is 5.75 Å². The highest BCUT2D eigenvalue weighted by Gasteiger charge is 2.35. The number of nitrogens with zero attached hydrogens (tertiary/aromatic N) is 1. The third-order valence-electron chi connectivity index (χ3n) is 3.18. The highest BCUT2D eigenvalue weighted by atomic mass is 79.9. The lowest BCUT2D eigenvalue weighted by Gasteiger charge is -2.11. The average Bonchev–Trinajstić information content (AvgIpc) is 2.86. The second-order valence-electron chi connectivity index (χ2n) is 5.15. The number of halogens is 1. The van der Waals surface area contributed by atoms with Crippen molar-refractivity contribution in [2.24, 2.45) is 0 Å². The summed E-state index contributed by atoms with van der Waals surface area (Å²) in [6, 6.07) is 13.2. The van der Waals surface area contributed by atoms with E-state index < -0.39 is 12.0 Å². The third kappa shape index (κ3) is 5.07. The molecule has 0 bridgehead atoms. The lowest BCUT2D eigenvalue weighted by molar-refractivity contribution is -0.338. The first-order valence-electron chi connectivity index (χ1n) is 7.40. The fourth-order valence-electron chi connectivity index (χ4n) is 2.06. The molecule has 7 nitrogen and oxygen atoms in total. The third-order valence-corrected chi connectivity index (χ3v) is 4.95. The van der Waals surface area contributed by atoms with Crippen molar-refractivity contribution < 1.29 is 24.6 Å². The molecule has 2 amide bonds. The number of nitrogens with one attached hydrogen (secondary N) is 1. The van der Waals surface area contributed by atoms with Gasteiger partial charge >= 0.3 is 6.09 Å². The van der Waals surface area contributed by atoms with Crippen LogP contribution in [-0.2, 0) is 14.7 Å². The number of amides is 2. The van der Waals surface area contributed by atoms with E-state index in [0.29, 0.717) is 15.7 Å². The zero-order chi connectivity index (χ0) is 19.4. The van der Waals surface area contributed by atoms with E-state index in [1.54, 1.807) is 18.2 Å². The van der Waals surface area contributed by atoms with Crippen LogP contribution in [0.2, 0.25) is 0 Å². The fraction of sp³-hybridized carbons (Fsp3) is 0. The van der Waals surface area contributed by atoms with Gasteiger partial charge < -0.3 is 5.11 Å². The molecule has 3 rings (SSSR count). The molecule has 27 heavy (non-hydrogen) atoms. The van der Waals surface area contributed by atoms with Gasteiger partial charge in [-0.05, 0) is 53.1 Å². The van der Waals surface area contributed by atoms with Gasteiger partial charge in [0.25, 0.3) is 5.91 Å². The van der Waals surface area contributed by atoms with Crippen molar-refractivity contribution in [1.82, 2.24) is 5.06 Å². The molecule has 2 N–H and O–H groups in total. The highest BCUT2D eigenvalue weighted by Crippen LogP contribution is 2.33. The number of hydrogen-bond acceptors (Lipinski definition) is 7. The Morgan fingerprint density at radius 2 is 2.04 bits per heavy atom. The molecule has 0 unspecified atom stereocenters. The Labute approximate surface area is 172 Å². The van der Waals surface area contributed by atoms with Crippen LogP contribution in [-0.4, -0.2) is 26.5 Å². The molecular formula is C17H11BrN2O5S2. The van der Waals surface area contributed by atoms with Crippen LogP contribution in [0.3, 0.4) is 0 Å². The molecule has 1 fully saturated rings. The first-order chi connectivity index (χ1) is 12.9. The van der Waals surface area contributed by atoms with Gasteiger partial charge in [0, 0.05) is 16.2 Å². The maximum absolute atomic E-state index is 12.4. The van der Waals surface area contributed by atoms with E-state index in [0.717, 1.165) is 21.8 Å². The molecule has 0 aromatic heterocycles. The van der Waals surface area contributed by atoms with Gasteiger partial charge in [0.15, 0.2) is 4.32 Å². The summed E-state index contributed by atoms with van der Waals surface area (Å²) in [6.07, 6.45) is 0.672. The normalized spacial score (nSPS) is 15.3. The highest BCUT2D eigenvalue weighted by molar-refractivity contribution is 9.10. The lowest BCUT2D eigenvalue weighted by Crippen LogP contribution is -2.30. The Morgan fingerprint density at radius 1 is 1.26 bits per heavy atom. The van der Waals surface area contributed by atoms with Gasteiger partial charge in [0.05, 0.1) is 4.91 Å². The molecule has 0 radical (unpaired) electrons. The summed E-state index contributed by atoms with van der Waals surface area (Å²) < 4.78 is 0.960. The van der Waals surface area contributed by atoms with Crippen molar-refractivity contribution in [3.05, 3.63) is 63.5 Å². The van der Waals surface area contributed by atoms with Gasteiger partial charge in [-0.25, -0.2) is 4.79 Å². The summed E-state index contributed by atoms with van der Waals surface area (Å²) >= 11 is 9.47. The number of thiocarbonyl (C=S) groups is 1. The van der Waals surface area contributed by atoms with Crippen molar-refractivity contribution in [2.45, 2.75) is 0 Å². The van der Waals surface area contributed by atoms with Crippen molar-refractivity contribution in [1.29, 1.82) is 0 Å². The molecule has 1 saturated heterocycles. The van der Waals surface area contributed by atoms with Crippen LogP contribution in [0, 0.1) is 0 Å². The maximum Gasteiger partial charge on any atom is 0.445 e. The molecule has 0 spiro atoms. The Bertz CT molecular complexity index is 950. The molecule has 2 aromatic carbocycles. The number of anilines is 1. The number of carbonyl (C=O) groups excluding carboxylic acids is 2. The summed E-state index contributed by atoms with van der Waals surface area (Å²) in [5.74, 6) is -0.571. The van der Waals surface area contributed by atoms with Crippen LogP contribution in [0.15, 0.2) is 57.9 Å². The summed E-state index contributed by atoms with van der Waals surface area (Å²) in [5, 5.41) is 12.4. The first-order valence-corrected chi connectivity index (χ1v) is 9.42. The Morgan fingerprint density at radius 3 is 2.78 bits per heavy atom. The molecule has 0 saturated carbocycles. The minimum atomic E-state index is -0.981. The molecule has 0 atom stereocenters. The quantitative estimate of drug-likeness (QED) is 0.297. The number of hydrogen-bond donors (Lipinski definition) is 2. The summed E-state index contributed by atoms with van der Waals surface area (Å²) in [4.78, 5) is 33.8. The van der Waals surface area contributed by atoms with Crippen molar-refractivity contribution in [3.63, 3.8) is 0 Å². The van der Waals surface area contributed by atoms with E-state index in [-0.39, 0.29) is 10.1 Å². The molecule has 2 aromatic rings. The average molecular weight is 467 g/mol. The molecule has 10 heteroatoms. The van der Waals surface area contributed by atoms with Gasteiger partial charge in [-0.1, -0.05) is 45.9 Å². The van der Waals surface area contributed by atoms with E-state index in [1.165, 1.54) is 12.1 Å². The van der Waals surface area contributed by atoms with E-state index in [4.69, 9.17) is 17.2 Å². The molecule has 138 valence electrons. The van der Waals surface area contributed by atoms with Crippen LogP contribution in [0.25, 0.3) is 6.08 Å². The number of thioether (sulfide) groups is 1. The monoisotopic (exact) mass is 466 g/mol. The van der Waals surface area contributed by atoms with Gasteiger partial charge in [-0.3, -0.25) is 15.0 Å². The minimum Gasteiger partial charge on any atom is -0.508 e. The largest absolute Gasteiger partial charge is 0.508 e. The van der Waals surface area contributed by atoms with Crippen LogP contribution >= 0.6 is 39.9 Å². The number of aromatic hydroxyl groups is 1. The summed E-state index contributed by atoms with van der Waals surface area (Å²) in [6.45, 7) is 0. The fourth-order valence-corrected chi connectivity index (χ4v) is 3.61. The molecule has 0 aliphatic carbocycles. The first kappa shape index (κ1) is 19.4. The number of carbonyl (C=O) groups is 2. The maximum atomic E-state index is 12.4. The zero-order valence-electron chi connectivity index (χ0n) is 13.4. The summed E-state index contributed by atoms with van der Waals surface area (Å²) in [5.41, 5.74) is 1.09. The van der Waals surface area contributed by atoms with Gasteiger partial charge in [-0.15, -0.1) is 5.06 Å². The lowest BCUT2D eigenvalue weighted by atomic mass is 10.2. The predicted molar refractivity (Wildman–Crippen MR) is 108 cm³/mol. The van der Waals surface area contributed by atoms with Crippen LogP contribution in [0.5, 0.6) is 5.75 Å². The zero-order valence-corrected chi connectivity index (χ0v) is 16.6. The van der Waals surface area contributed by atoms with E-state index in [9.17, 15) is 14.7 Å². The Kier molecular flexibility index (Phi) is 6.11. The second kappa shape index (κ2) is 8.53. The van der Waals surface area contributed by atoms with E-state index in [1.807, 2.05) is 24.3 Å². The van der Waals surface area contributed by atoms with Gasteiger partial charge in [0.2, 0.25) is 0 Å². The molecule has 1 aliphatic rings. The standard InChI is InChI=1S/C17H11BrN2O5S2/c18-11-4-1-3-10(7-11)8-14-15(22)20(17(26)27-14)25-24-16(23)19-12-5-2-6-13(21)9-12/h1-9,21H,(H,19,23)/b14-8+. The van der Waals surface area contributed by atoms with Gasteiger partial charge in [-0.2, -0.15) is 0 Å².